The van der Waals surface area contributed by atoms with E-state index in [9.17, 15) is 9.59 Å². The van der Waals surface area contributed by atoms with Crippen molar-refractivity contribution in [1.82, 2.24) is 4.57 Å². The summed E-state index contributed by atoms with van der Waals surface area (Å²) in [4.78, 5) is 22.0. The third-order valence-corrected chi connectivity index (χ3v) is 2.33. The maximum Gasteiger partial charge on any atom is 0.380 e. The van der Waals surface area contributed by atoms with Gasteiger partial charge in [-0.3, -0.25) is 0 Å². The molecule has 0 fully saturated rings. The Morgan fingerprint density at radius 3 is 2.44 bits per heavy atom. The van der Waals surface area contributed by atoms with E-state index in [0.29, 0.717) is 6.54 Å². The summed E-state index contributed by atoms with van der Waals surface area (Å²) in [6, 6.07) is 0. The first-order valence-electron chi connectivity index (χ1n) is 5.04. The van der Waals surface area contributed by atoms with Gasteiger partial charge >= 0.3 is 11.9 Å². The van der Waals surface area contributed by atoms with Crippen molar-refractivity contribution in [2.75, 3.05) is 0 Å². The van der Waals surface area contributed by atoms with Crippen LogP contribution < -0.4 is 4.57 Å². The number of imidazole rings is 1. The summed E-state index contributed by atoms with van der Waals surface area (Å²) < 4.78 is 2.79. The highest BCUT2D eigenvalue weighted by molar-refractivity contribution is 5.97. The van der Waals surface area contributed by atoms with Crippen LogP contribution in [0.2, 0.25) is 0 Å². The molecule has 6 heteroatoms. The molecule has 16 heavy (non-hydrogen) atoms. The Balaban J connectivity index is 3.24. The van der Waals surface area contributed by atoms with Crippen LogP contribution in [0, 0.1) is 0 Å². The maximum absolute atomic E-state index is 11.0. The second-order valence-corrected chi connectivity index (χ2v) is 3.58. The zero-order chi connectivity index (χ0) is 12.3. The van der Waals surface area contributed by atoms with Crippen LogP contribution in [0.1, 0.15) is 40.7 Å². The molecule has 0 aliphatic heterocycles. The summed E-state index contributed by atoms with van der Waals surface area (Å²) in [5, 5.41) is 17.9. The van der Waals surface area contributed by atoms with Crippen LogP contribution in [0.25, 0.3) is 0 Å². The first kappa shape index (κ1) is 12.2. The molecule has 0 aliphatic carbocycles. The fraction of sp³-hybridized carbons (Fsp3) is 0.500. The van der Waals surface area contributed by atoms with Crippen molar-refractivity contribution in [3.63, 3.8) is 0 Å². The Kier molecular flexibility index (Phi) is 3.65. The lowest BCUT2D eigenvalue weighted by Gasteiger charge is -1.96. The van der Waals surface area contributed by atoms with Crippen LogP contribution in [0.4, 0.5) is 0 Å². The molecular weight excluding hydrogens is 212 g/mol. The molecule has 0 radical (unpaired) electrons. The van der Waals surface area contributed by atoms with Gasteiger partial charge < -0.3 is 10.2 Å². The van der Waals surface area contributed by atoms with Crippen LogP contribution >= 0.6 is 0 Å². The number of nitrogens with zero attached hydrogens (tertiary/aromatic N) is 2. The van der Waals surface area contributed by atoms with Crippen LogP contribution in [-0.2, 0) is 13.6 Å². The number of aromatic nitrogens is 2. The summed E-state index contributed by atoms with van der Waals surface area (Å²) in [6.07, 6.45) is 3.24. The van der Waals surface area contributed by atoms with E-state index in [1.807, 2.05) is 6.92 Å². The first-order valence-corrected chi connectivity index (χ1v) is 5.04. The number of hydrogen-bond donors (Lipinski definition) is 2. The Hall–Kier alpha value is -1.85. The fourth-order valence-electron chi connectivity index (χ4n) is 1.60. The molecule has 1 aromatic rings. The normalized spacial score (nSPS) is 10.4. The monoisotopic (exact) mass is 227 g/mol. The zero-order valence-corrected chi connectivity index (χ0v) is 9.30. The summed E-state index contributed by atoms with van der Waals surface area (Å²) in [5.74, 6) is -2.44. The van der Waals surface area contributed by atoms with E-state index < -0.39 is 11.9 Å². The molecule has 1 rings (SSSR count). The van der Waals surface area contributed by atoms with Gasteiger partial charge in [-0.15, -0.1) is 0 Å². The predicted molar refractivity (Wildman–Crippen MR) is 54.4 cm³/mol. The number of carboxylic acids is 2. The Bertz CT molecular complexity index is 423. The maximum atomic E-state index is 11.0. The van der Waals surface area contributed by atoms with E-state index >= 15 is 0 Å². The van der Waals surface area contributed by atoms with Crippen molar-refractivity contribution in [2.24, 2.45) is 7.05 Å². The molecule has 0 atom stereocenters. The summed E-state index contributed by atoms with van der Waals surface area (Å²) in [6.45, 7) is 2.50. The smallest absolute Gasteiger partial charge is 0.380 e. The van der Waals surface area contributed by atoms with E-state index in [-0.39, 0.29) is 11.4 Å². The average molecular weight is 227 g/mol. The minimum absolute atomic E-state index is 0.163. The van der Waals surface area contributed by atoms with Gasteiger partial charge in [0.25, 0.3) is 11.4 Å². The van der Waals surface area contributed by atoms with Gasteiger partial charge in [-0.05, 0) is 6.42 Å². The number of carboxylic acid groups (broad SMARTS) is 2. The quantitative estimate of drug-likeness (QED) is 0.718. The zero-order valence-electron chi connectivity index (χ0n) is 9.30. The van der Waals surface area contributed by atoms with Crippen molar-refractivity contribution < 1.29 is 24.4 Å². The standard InChI is InChI=1S/C10H14N2O4/c1-3-4-5-12-6-11(2)7(9(13)14)8(12)10(15)16/h6H,3-5H2,1-2H3,(H-,13,14,15,16)/p+1. The Morgan fingerprint density at radius 1 is 1.38 bits per heavy atom. The third kappa shape index (κ3) is 2.21. The molecule has 0 aromatic carbocycles. The lowest BCUT2D eigenvalue weighted by molar-refractivity contribution is -0.673. The van der Waals surface area contributed by atoms with Crippen LogP contribution in [0.5, 0.6) is 0 Å². The van der Waals surface area contributed by atoms with E-state index in [1.165, 1.54) is 22.5 Å². The molecule has 1 heterocycles. The molecule has 0 saturated heterocycles. The molecule has 0 unspecified atom stereocenters. The first-order chi connectivity index (χ1) is 7.49. The van der Waals surface area contributed by atoms with Crippen molar-refractivity contribution in [1.29, 1.82) is 0 Å². The van der Waals surface area contributed by atoms with Crippen molar-refractivity contribution in [3.8, 4) is 0 Å². The number of carbonyl (C=O) groups is 2. The number of aromatic carboxylic acids is 2. The average Bonchev–Trinajstić information content (AvgIpc) is 2.52. The van der Waals surface area contributed by atoms with E-state index in [4.69, 9.17) is 10.2 Å². The van der Waals surface area contributed by atoms with Gasteiger partial charge in [0, 0.05) is 0 Å². The number of unbranched alkanes of at least 4 members (excludes halogenated alkanes) is 1. The summed E-state index contributed by atoms with van der Waals surface area (Å²) in [7, 11) is 1.53. The van der Waals surface area contributed by atoms with Crippen LogP contribution in [0.3, 0.4) is 0 Å². The van der Waals surface area contributed by atoms with Crippen LogP contribution in [-0.4, -0.2) is 26.7 Å². The van der Waals surface area contributed by atoms with Crippen LogP contribution in [0.15, 0.2) is 6.33 Å². The highest BCUT2D eigenvalue weighted by Crippen LogP contribution is 2.07. The van der Waals surface area contributed by atoms with Gasteiger partial charge in [0.1, 0.15) is 0 Å². The Morgan fingerprint density at radius 2 is 2.00 bits per heavy atom. The number of aryl methyl sites for hydroxylation is 2. The molecule has 88 valence electrons. The lowest BCUT2D eigenvalue weighted by atomic mass is 10.3. The van der Waals surface area contributed by atoms with Crippen molar-refractivity contribution in [2.45, 2.75) is 26.3 Å². The van der Waals surface area contributed by atoms with Gasteiger partial charge in [-0.1, -0.05) is 13.3 Å². The van der Waals surface area contributed by atoms with E-state index in [1.54, 1.807) is 0 Å². The molecule has 0 bridgehead atoms. The van der Waals surface area contributed by atoms with Crippen molar-refractivity contribution in [3.05, 3.63) is 17.7 Å². The van der Waals surface area contributed by atoms with Gasteiger partial charge in [-0.25, -0.2) is 18.7 Å². The molecule has 1 aromatic heterocycles. The predicted octanol–water partition coefficient (Wildman–Crippen LogP) is 0.509. The second kappa shape index (κ2) is 4.78. The van der Waals surface area contributed by atoms with E-state index in [0.717, 1.165) is 12.8 Å². The van der Waals surface area contributed by atoms with Gasteiger partial charge in [-0.2, -0.15) is 0 Å². The van der Waals surface area contributed by atoms with Gasteiger partial charge in [0.15, 0.2) is 0 Å². The SMILES string of the molecule is CCCCn1c[n+](C)c(C(=O)O)c1C(=O)O. The lowest BCUT2D eigenvalue weighted by Crippen LogP contribution is -2.34. The fourth-order valence-corrected chi connectivity index (χ4v) is 1.60. The molecule has 0 saturated carbocycles. The number of rotatable bonds is 5. The summed E-state index contributed by atoms with van der Waals surface area (Å²) in [5.41, 5.74) is -0.355. The Labute approximate surface area is 92.7 Å². The molecular formula is C10H15N2O4+. The highest BCUT2D eigenvalue weighted by Gasteiger charge is 2.31. The molecule has 0 amide bonds. The van der Waals surface area contributed by atoms with Crippen molar-refractivity contribution >= 4 is 11.9 Å². The minimum atomic E-state index is -1.23. The second-order valence-electron chi connectivity index (χ2n) is 3.58. The summed E-state index contributed by atoms with van der Waals surface area (Å²) >= 11 is 0. The molecule has 6 nitrogen and oxygen atoms in total. The molecule has 0 aliphatic rings. The molecule has 0 spiro atoms. The van der Waals surface area contributed by atoms with Gasteiger partial charge in [0.05, 0.1) is 13.6 Å². The van der Waals surface area contributed by atoms with E-state index in [2.05, 4.69) is 0 Å². The molecule has 2 N–H and O–H groups in total. The topological polar surface area (TPSA) is 83.4 Å². The largest absolute Gasteiger partial charge is 0.475 e. The number of hydrogen-bond acceptors (Lipinski definition) is 2. The highest BCUT2D eigenvalue weighted by atomic mass is 16.4. The minimum Gasteiger partial charge on any atom is -0.475 e. The van der Waals surface area contributed by atoms with Gasteiger partial charge in [0.2, 0.25) is 6.33 Å². The third-order valence-electron chi connectivity index (χ3n) is 2.33.